The molecule has 24 heavy (non-hydrogen) atoms. The number of rotatable bonds is 4. The number of hydrogen-bond donors (Lipinski definition) is 1. The third-order valence-electron chi connectivity index (χ3n) is 5.41. The summed E-state index contributed by atoms with van der Waals surface area (Å²) in [5.74, 6) is 1.32. The minimum Gasteiger partial charge on any atom is -0.378 e. The van der Waals surface area contributed by atoms with E-state index >= 15 is 0 Å². The van der Waals surface area contributed by atoms with E-state index in [-0.39, 0.29) is 0 Å². The first-order chi connectivity index (χ1) is 11.7. The average molecular weight is 337 g/mol. The molecule has 7 heteroatoms. The normalized spacial score (nSPS) is 24.6. The first-order valence-corrected chi connectivity index (χ1v) is 9.38. The molecule has 1 aliphatic carbocycles. The maximum atomic E-state index is 12.4. The lowest BCUT2D eigenvalue weighted by Gasteiger charge is -2.35. The van der Waals surface area contributed by atoms with Crippen molar-refractivity contribution in [3.05, 3.63) is 0 Å². The van der Waals surface area contributed by atoms with Gasteiger partial charge in [0.15, 0.2) is 5.96 Å². The highest BCUT2D eigenvalue weighted by Gasteiger charge is 2.29. The van der Waals surface area contributed by atoms with E-state index < -0.39 is 0 Å². The van der Waals surface area contributed by atoms with Crippen molar-refractivity contribution in [3.8, 4) is 0 Å². The molecule has 1 saturated carbocycles. The van der Waals surface area contributed by atoms with Gasteiger partial charge in [-0.1, -0.05) is 12.8 Å². The molecule has 0 bridgehead atoms. The van der Waals surface area contributed by atoms with Gasteiger partial charge in [0, 0.05) is 51.7 Å². The number of morpholine rings is 1. The molecule has 136 valence electrons. The monoisotopic (exact) mass is 337 g/mol. The molecule has 7 nitrogen and oxygen atoms in total. The van der Waals surface area contributed by atoms with Crippen LogP contribution in [0.2, 0.25) is 0 Å². The number of hydrogen-bond acceptors (Lipinski definition) is 4. The van der Waals surface area contributed by atoms with Gasteiger partial charge in [-0.15, -0.1) is 0 Å². The van der Waals surface area contributed by atoms with Crippen molar-refractivity contribution in [2.75, 3.05) is 65.6 Å². The highest BCUT2D eigenvalue weighted by Crippen LogP contribution is 2.26. The van der Waals surface area contributed by atoms with Gasteiger partial charge >= 0.3 is 0 Å². The van der Waals surface area contributed by atoms with Crippen LogP contribution in [0.1, 0.15) is 25.7 Å². The van der Waals surface area contributed by atoms with Crippen molar-refractivity contribution in [1.82, 2.24) is 14.7 Å². The Balaban J connectivity index is 1.35. The van der Waals surface area contributed by atoms with Crippen LogP contribution in [0.4, 0.5) is 0 Å². The topological polar surface area (TPSA) is 74.4 Å². The molecule has 0 atom stereocenters. The lowest BCUT2D eigenvalue weighted by atomic mass is 10.1. The summed E-state index contributed by atoms with van der Waals surface area (Å²) < 4.78 is 5.32. The van der Waals surface area contributed by atoms with Gasteiger partial charge in [0.05, 0.1) is 19.8 Å². The first-order valence-electron chi connectivity index (χ1n) is 9.38. The van der Waals surface area contributed by atoms with E-state index in [1.807, 2.05) is 0 Å². The van der Waals surface area contributed by atoms with Crippen molar-refractivity contribution < 1.29 is 9.53 Å². The van der Waals surface area contributed by atoms with Gasteiger partial charge in [0.2, 0.25) is 5.91 Å². The summed E-state index contributed by atoms with van der Waals surface area (Å²) in [5, 5.41) is 0. The van der Waals surface area contributed by atoms with Gasteiger partial charge in [0.25, 0.3) is 0 Å². The minimum absolute atomic E-state index is 0.300. The smallest absolute Gasteiger partial charge is 0.225 e. The summed E-state index contributed by atoms with van der Waals surface area (Å²) in [5.41, 5.74) is 6.04. The Hall–Kier alpha value is -1.34. The molecule has 3 rings (SSSR count). The molecule has 2 heterocycles. The molecule has 0 spiro atoms. The van der Waals surface area contributed by atoms with Crippen LogP contribution in [-0.2, 0) is 9.53 Å². The van der Waals surface area contributed by atoms with E-state index in [1.54, 1.807) is 0 Å². The molecule has 1 amide bonds. The number of carbonyl (C=O) groups excluding carboxylic acids is 1. The van der Waals surface area contributed by atoms with E-state index in [1.165, 1.54) is 12.8 Å². The molecule has 2 aliphatic heterocycles. The lowest BCUT2D eigenvalue weighted by Crippen LogP contribution is -2.50. The van der Waals surface area contributed by atoms with E-state index in [4.69, 9.17) is 10.5 Å². The molecule has 3 aliphatic rings. The fourth-order valence-electron chi connectivity index (χ4n) is 3.82. The summed E-state index contributed by atoms with van der Waals surface area (Å²) in [6.07, 6.45) is 4.63. The van der Waals surface area contributed by atoms with Crippen molar-refractivity contribution in [2.45, 2.75) is 25.7 Å². The van der Waals surface area contributed by atoms with Crippen molar-refractivity contribution >= 4 is 11.9 Å². The largest absolute Gasteiger partial charge is 0.378 e. The molecular formula is C17H31N5O2. The average Bonchev–Trinajstić information content (AvgIpc) is 3.17. The summed E-state index contributed by atoms with van der Waals surface area (Å²) in [6, 6.07) is 0. The van der Waals surface area contributed by atoms with Gasteiger partial charge < -0.3 is 20.3 Å². The van der Waals surface area contributed by atoms with Crippen LogP contribution >= 0.6 is 0 Å². The predicted octanol–water partition coefficient (Wildman–Crippen LogP) is -0.0323. The molecule has 0 aromatic carbocycles. The Labute approximate surface area is 144 Å². The maximum absolute atomic E-state index is 12.4. The number of ether oxygens (including phenoxy) is 1. The third kappa shape index (κ3) is 4.60. The summed E-state index contributed by atoms with van der Waals surface area (Å²) in [4.78, 5) is 23.5. The van der Waals surface area contributed by atoms with Crippen LogP contribution in [0.3, 0.4) is 0 Å². The van der Waals surface area contributed by atoms with E-state index in [2.05, 4.69) is 19.7 Å². The van der Waals surface area contributed by atoms with Gasteiger partial charge in [-0.3, -0.25) is 14.7 Å². The SMILES string of the molecule is NC(=NCCN1CCN(C(=O)C2CCCC2)CC1)N1CCOCC1. The van der Waals surface area contributed by atoms with Crippen molar-refractivity contribution in [3.63, 3.8) is 0 Å². The Morgan fingerprint density at radius 1 is 1.00 bits per heavy atom. The number of carbonyl (C=O) groups is 1. The van der Waals surface area contributed by atoms with Crippen LogP contribution in [0.25, 0.3) is 0 Å². The summed E-state index contributed by atoms with van der Waals surface area (Å²) in [6.45, 7) is 8.37. The number of nitrogens with two attached hydrogens (primary N) is 1. The predicted molar refractivity (Wildman–Crippen MR) is 93.9 cm³/mol. The maximum Gasteiger partial charge on any atom is 0.225 e. The Morgan fingerprint density at radius 2 is 1.67 bits per heavy atom. The number of guanidine groups is 1. The third-order valence-corrected chi connectivity index (χ3v) is 5.41. The van der Waals surface area contributed by atoms with Crippen molar-refractivity contribution in [2.24, 2.45) is 16.6 Å². The van der Waals surface area contributed by atoms with Crippen LogP contribution in [0.15, 0.2) is 4.99 Å². The standard InChI is InChI=1S/C17H31N5O2/c18-17(22-11-13-24-14-12-22)19-5-6-20-7-9-21(10-8-20)16(23)15-3-1-2-4-15/h15H,1-14H2,(H2,18,19). The molecule has 0 radical (unpaired) electrons. The molecule has 2 saturated heterocycles. The number of piperazine rings is 1. The van der Waals surface area contributed by atoms with Crippen LogP contribution in [0, 0.1) is 5.92 Å². The van der Waals surface area contributed by atoms with Gasteiger partial charge in [-0.2, -0.15) is 0 Å². The van der Waals surface area contributed by atoms with Gasteiger partial charge in [-0.25, -0.2) is 0 Å². The quantitative estimate of drug-likeness (QED) is 0.576. The zero-order valence-electron chi connectivity index (χ0n) is 14.7. The second kappa shape index (κ2) is 8.67. The zero-order chi connectivity index (χ0) is 16.8. The van der Waals surface area contributed by atoms with Gasteiger partial charge in [0.1, 0.15) is 0 Å². The van der Waals surface area contributed by atoms with E-state index in [0.717, 1.165) is 78.4 Å². The Kier molecular flexibility index (Phi) is 6.31. The Bertz CT molecular complexity index is 436. The van der Waals surface area contributed by atoms with Crippen LogP contribution in [-0.4, -0.2) is 92.1 Å². The van der Waals surface area contributed by atoms with E-state index in [0.29, 0.717) is 17.8 Å². The lowest BCUT2D eigenvalue weighted by molar-refractivity contribution is -0.137. The van der Waals surface area contributed by atoms with E-state index in [9.17, 15) is 4.79 Å². The second-order valence-corrected chi connectivity index (χ2v) is 6.99. The molecule has 2 N–H and O–H groups in total. The Morgan fingerprint density at radius 3 is 2.33 bits per heavy atom. The van der Waals surface area contributed by atoms with Crippen molar-refractivity contribution in [1.29, 1.82) is 0 Å². The minimum atomic E-state index is 0.300. The molecule has 0 unspecified atom stereocenters. The summed E-state index contributed by atoms with van der Waals surface area (Å²) >= 11 is 0. The second-order valence-electron chi connectivity index (χ2n) is 6.99. The summed E-state index contributed by atoms with van der Waals surface area (Å²) in [7, 11) is 0. The molecular weight excluding hydrogens is 306 g/mol. The molecule has 0 aromatic rings. The molecule has 0 aromatic heterocycles. The molecule has 3 fully saturated rings. The fraction of sp³-hybridized carbons (Fsp3) is 0.882. The highest BCUT2D eigenvalue weighted by atomic mass is 16.5. The fourth-order valence-corrected chi connectivity index (χ4v) is 3.82. The van der Waals surface area contributed by atoms with Crippen LogP contribution < -0.4 is 5.73 Å². The van der Waals surface area contributed by atoms with Crippen LogP contribution in [0.5, 0.6) is 0 Å². The number of nitrogens with zero attached hydrogens (tertiary/aromatic N) is 4. The van der Waals surface area contributed by atoms with Gasteiger partial charge in [-0.05, 0) is 12.8 Å². The highest BCUT2D eigenvalue weighted by molar-refractivity contribution is 5.79. The first kappa shape index (κ1) is 17.5. The number of amides is 1. The number of aliphatic imine (C=N–C) groups is 1. The zero-order valence-corrected chi connectivity index (χ0v) is 14.7.